The van der Waals surface area contributed by atoms with Crippen LogP contribution in [0, 0.1) is 11.8 Å². The van der Waals surface area contributed by atoms with Gasteiger partial charge in [0.05, 0.1) is 37.9 Å². The Labute approximate surface area is 199 Å². The smallest absolute Gasteiger partial charge is 0.312 e. The van der Waals surface area contributed by atoms with Crippen LogP contribution in [0.25, 0.3) is 0 Å². The van der Waals surface area contributed by atoms with E-state index in [0.29, 0.717) is 37.1 Å². The first-order valence-electron chi connectivity index (χ1n) is 12.1. The molecule has 3 aliphatic heterocycles. The summed E-state index contributed by atoms with van der Waals surface area (Å²) in [6.45, 7) is 5.42. The van der Waals surface area contributed by atoms with Crippen LogP contribution in [0.5, 0.6) is 5.75 Å². The largest absolute Gasteiger partial charge is 0.497 e. The van der Waals surface area contributed by atoms with E-state index in [0.717, 1.165) is 0 Å². The Hall–Kier alpha value is -2.65. The molecular formula is C25H34N2O7. The highest BCUT2D eigenvalue weighted by Gasteiger charge is 2.79. The highest BCUT2D eigenvalue weighted by atomic mass is 16.6. The Morgan fingerprint density at radius 1 is 1.24 bits per heavy atom. The number of hydrogen-bond acceptors (Lipinski definition) is 7. The van der Waals surface area contributed by atoms with Crippen LogP contribution in [-0.2, 0) is 23.9 Å². The van der Waals surface area contributed by atoms with Gasteiger partial charge in [-0.15, -0.1) is 0 Å². The van der Waals surface area contributed by atoms with Gasteiger partial charge in [-0.3, -0.25) is 14.4 Å². The van der Waals surface area contributed by atoms with E-state index < -0.39 is 47.0 Å². The van der Waals surface area contributed by atoms with Gasteiger partial charge in [0.25, 0.3) is 0 Å². The average Bonchev–Trinajstić information content (AvgIpc) is 3.44. The minimum absolute atomic E-state index is 0.197. The summed E-state index contributed by atoms with van der Waals surface area (Å²) < 4.78 is 17.2. The van der Waals surface area contributed by atoms with E-state index in [9.17, 15) is 19.5 Å². The predicted molar refractivity (Wildman–Crippen MR) is 123 cm³/mol. The minimum Gasteiger partial charge on any atom is -0.497 e. The quantitative estimate of drug-likeness (QED) is 0.527. The minimum atomic E-state index is -1.15. The summed E-state index contributed by atoms with van der Waals surface area (Å²) in [5.41, 5.74) is -1.43. The molecule has 0 saturated carbocycles. The molecule has 9 nitrogen and oxygen atoms in total. The summed E-state index contributed by atoms with van der Waals surface area (Å²) in [6.07, 6.45) is 2.03. The molecule has 1 spiro atoms. The molecule has 6 atom stereocenters. The third kappa shape index (κ3) is 3.48. The number of aliphatic hydroxyl groups is 1. The van der Waals surface area contributed by atoms with Crippen molar-refractivity contribution < 1.29 is 33.7 Å². The lowest BCUT2D eigenvalue weighted by molar-refractivity contribution is -0.161. The maximum Gasteiger partial charge on any atom is 0.312 e. The van der Waals surface area contributed by atoms with Crippen molar-refractivity contribution in [3.05, 3.63) is 24.3 Å². The van der Waals surface area contributed by atoms with Crippen LogP contribution in [-0.4, -0.2) is 71.4 Å². The summed E-state index contributed by atoms with van der Waals surface area (Å²) >= 11 is 0. The van der Waals surface area contributed by atoms with Crippen LogP contribution in [0.2, 0.25) is 0 Å². The lowest BCUT2D eigenvalue weighted by Crippen LogP contribution is -2.56. The van der Waals surface area contributed by atoms with Gasteiger partial charge in [-0.2, -0.15) is 0 Å². The fourth-order valence-corrected chi connectivity index (χ4v) is 6.24. The van der Waals surface area contributed by atoms with Crippen molar-refractivity contribution in [1.82, 2.24) is 4.90 Å². The van der Waals surface area contributed by atoms with Gasteiger partial charge in [0.15, 0.2) is 0 Å². The van der Waals surface area contributed by atoms with Crippen LogP contribution in [0.1, 0.15) is 46.5 Å². The number of carbonyl (C=O) groups excluding carboxylic acids is 3. The number of anilines is 1. The third-order valence-corrected chi connectivity index (χ3v) is 7.84. The van der Waals surface area contributed by atoms with Crippen molar-refractivity contribution >= 4 is 23.5 Å². The second-order valence-electron chi connectivity index (χ2n) is 9.29. The van der Waals surface area contributed by atoms with Crippen LogP contribution >= 0.6 is 0 Å². The van der Waals surface area contributed by atoms with Crippen LogP contribution in [0.4, 0.5) is 5.69 Å². The van der Waals surface area contributed by atoms with Crippen LogP contribution in [0.15, 0.2) is 24.3 Å². The molecule has 3 saturated heterocycles. The summed E-state index contributed by atoms with van der Waals surface area (Å²) in [5.74, 6) is -2.14. The maximum absolute atomic E-state index is 13.9. The summed E-state index contributed by atoms with van der Waals surface area (Å²) in [4.78, 5) is 42.2. The van der Waals surface area contributed by atoms with E-state index in [2.05, 4.69) is 5.32 Å². The Morgan fingerprint density at radius 2 is 1.94 bits per heavy atom. The monoisotopic (exact) mass is 474 g/mol. The van der Waals surface area contributed by atoms with Gasteiger partial charge in [-0.25, -0.2) is 0 Å². The van der Waals surface area contributed by atoms with Gasteiger partial charge in [-0.1, -0.05) is 13.8 Å². The van der Waals surface area contributed by atoms with Crippen LogP contribution in [0.3, 0.4) is 0 Å². The average molecular weight is 475 g/mol. The van der Waals surface area contributed by atoms with E-state index in [-0.39, 0.29) is 19.1 Å². The van der Waals surface area contributed by atoms with Crippen molar-refractivity contribution in [3.63, 3.8) is 0 Å². The van der Waals surface area contributed by atoms with Gasteiger partial charge < -0.3 is 29.5 Å². The van der Waals surface area contributed by atoms with E-state index >= 15 is 0 Å². The zero-order chi connectivity index (χ0) is 24.7. The number of benzene rings is 1. The topological polar surface area (TPSA) is 114 Å². The molecule has 2 bridgehead atoms. The summed E-state index contributed by atoms with van der Waals surface area (Å²) in [6, 6.07) is 5.37. The van der Waals surface area contributed by atoms with Gasteiger partial charge in [0.2, 0.25) is 11.8 Å². The first kappa shape index (κ1) is 24.5. The van der Waals surface area contributed by atoms with Crippen molar-refractivity contribution in [2.45, 2.75) is 69.7 Å². The van der Waals surface area contributed by atoms with Gasteiger partial charge in [0, 0.05) is 5.69 Å². The van der Waals surface area contributed by atoms with E-state index in [1.54, 1.807) is 38.3 Å². The molecule has 2 amide bonds. The Balaban J connectivity index is 1.76. The molecule has 0 radical (unpaired) electrons. The molecule has 3 aliphatic rings. The second-order valence-corrected chi connectivity index (χ2v) is 9.29. The molecule has 3 heterocycles. The fourth-order valence-electron chi connectivity index (χ4n) is 6.24. The summed E-state index contributed by atoms with van der Waals surface area (Å²) in [5, 5.41) is 13.0. The zero-order valence-electron chi connectivity index (χ0n) is 20.2. The third-order valence-electron chi connectivity index (χ3n) is 7.84. The molecule has 4 rings (SSSR count). The highest BCUT2D eigenvalue weighted by molar-refractivity contribution is 6.03. The second kappa shape index (κ2) is 9.19. The molecule has 186 valence electrons. The molecular weight excluding hydrogens is 440 g/mol. The number of aliphatic hydroxyl groups excluding tert-OH is 1. The lowest BCUT2D eigenvalue weighted by atomic mass is 9.65. The zero-order valence-corrected chi connectivity index (χ0v) is 20.2. The molecule has 0 aromatic heterocycles. The van der Waals surface area contributed by atoms with Crippen molar-refractivity contribution in [2.75, 3.05) is 25.6 Å². The standard InChI is InChI=1S/C25H34N2O7/c1-5-16(14-28)27-20(21(29)26-15-8-10-17(32-4)11-9-15)25-13-12-24(6-2,34-25)19(18(25)22(27)30)23(31)33-7-3/h8-11,16,18-20,28H,5-7,12-14H2,1-4H3,(H,26,29)/t16-,18-,19-,20?,24+,25?/m0/s1. The van der Waals surface area contributed by atoms with E-state index in [1.165, 1.54) is 4.90 Å². The molecule has 1 aromatic carbocycles. The number of methoxy groups -OCH3 is 1. The number of hydrogen-bond donors (Lipinski definition) is 2. The number of carbonyl (C=O) groups is 3. The van der Waals surface area contributed by atoms with E-state index in [4.69, 9.17) is 14.2 Å². The SMILES string of the molecule is CCOC(=O)[C@@H]1[C@H]2C(=O)N([C@@H](CC)CO)C(C(=O)Nc3ccc(OC)cc3)C23CC[C@@]1(CC)O3. The number of nitrogens with one attached hydrogen (secondary N) is 1. The number of esters is 1. The number of amides is 2. The van der Waals surface area contributed by atoms with Crippen molar-refractivity contribution in [2.24, 2.45) is 11.8 Å². The number of nitrogens with zero attached hydrogens (tertiary/aromatic N) is 1. The van der Waals surface area contributed by atoms with Crippen LogP contribution < -0.4 is 10.1 Å². The molecule has 34 heavy (non-hydrogen) atoms. The predicted octanol–water partition coefficient (Wildman–Crippen LogP) is 2.12. The number of likely N-dealkylation sites (tertiary alicyclic amines) is 1. The Kier molecular flexibility index (Phi) is 6.61. The van der Waals surface area contributed by atoms with Crippen molar-refractivity contribution in [1.29, 1.82) is 0 Å². The Morgan fingerprint density at radius 3 is 2.50 bits per heavy atom. The van der Waals surface area contributed by atoms with Gasteiger partial charge in [0.1, 0.15) is 23.3 Å². The molecule has 3 fully saturated rings. The van der Waals surface area contributed by atoms with Gasteiger partial charge >= 0.3 is 5.97 Å². The fraction of sp³-hybridized carbons (Fsp3) is 0.640. The van der Waals surface area contributed by atoms with Gasteiger partial charge in [-0.05, 0) is 56.9 Å². The maximum atomic E-state index is 13.9. The molecule has 9 heteroatoms. The van der Waals surface area contributed by atoms with Crippen molar-refractivity contribution in [3.8, 4) is 5.75 Å². The highest BCUT2D eigenvalue weighted by Crippen LogP contribution is 2.64. The Bertz CT molecular complexity index is 947. The first-order valence-corrected chi connectivity index (χ1v) is 12.1. The normalized spacial score (nSPS) is 32.4. The molecule has 1 aromatic rings. The lowest BCUT2D eigenvalue weighted by Gasteiger charge is -2.37. The molecule has 2 unspecified atom stereocenters. The summed E-state index contributed by atoms with van der Waals surface area (Å²) in [7, 11) is 1.56. The first-order chi connectivity index (χ1) is 16.3. The number of ether oxygens (including phenoxy) is 3. The van der Waals surface area contributed by atoms with E-state index in [1.807, 2.05) is 13.8 Å². The number of fused-ring (bicyclic) bond motifs is 1. The number of rotatable bonds is 9. The molecule has 2 N–H and O–H groups in total. The molecule has 0 aliphatic carbocycles.